The minimum atomic E-state index is -1.81. The molecule has 15 nitrogen and oxygen atoms in total. The first-order valence-electron chi connectivity index (χ1n) is 12.5. The fourth-order valence-electron chi connectivity index (χ4n) is 4.74. The summed E-state index contributed by atoms with van der Waals surface area (Å²) >= 11 is 0. The van der Waals surface area contributed by atoms with Gasteiger partial charge in [-0.1, -0.05) is 0 Å². The van der Waals surface area contributed by atoms with Crippen LogP contribution in [-0.4, -0.2) is 118 Å². The monoisotopic (exact) mass is 582 g/mol. The number of phenolic OH excluding ortho intramolecular Hbond substituents is 1. The van der Waals surface area contributed by atoms with Crippen LogP contribution in [0.15, 0.2) is 33.5 Å². The minimum Gasteiger partial charge on any atom is -0.504 e. The molecule has 9 atom stereocenters. The molecule has 15 heteroatoms. The van der Waals surface area contributed by atoms with Crippen LogP contribution in [0.5, 0.6) is 23.0 Å². The van der Waals surface area contributed by atoms with Crippen LogP contribution in [0.2, 0.25) is 0 Å². The average molecular weight is 583 g/mol. The van der Waals surface area contributed by atoms with E-state index in [1.165, 1.54) is 38.5 Å². The van der Waals surface area contributed by atoms with Gasteiger partial charge in [-0.05, 0) is 12.1 Å². The third-order valence-electron chi connectivity index (χ3n) is 7.06. The smallest absolute Gasteiger partial charge is 0.229 e. The summed E-state index contributed by atoms with van der Waals surface area (Å²) in [4.78, 5) is 13.6. The van der Waals surface area contributed by atoms with E-state index in [0.717, 1.165) is 0 Å². The van der Waals surface area contributed by atoms with Crippen LogP contribution < -0.4 is 19.6 Å². The van der Waals surface area contributed by atoms with Crippen LogP contribution in [0.25, 0.3) is 21.9 Å². The van der Waals surface area contributed by atoms with Crippen LogP contribution in [0.1, 0.15) is 0 Å². The van der Waals surface area contributed by atoms with Crippen LogP contribution in [0.4, 0.5) is 0 Å². The van der Waals surface area contributed by atoms with Gasteiger partial charge in [-0.15, -0.1) is 0 Å². The summed E-state index contributed by atoms with van der Waals surface area (Å²) in [5.41, 5.74) is -0.643. The molecule has 224 valence electrons. The molecule has 2 saturated heterocycles. The molecule has 0 aliphatic carbocycles. The number of methoxy groups -OCH3 is 2. The molecule has 2 fully saturated rings. The second-order valence-electron chi connectivity index (χ2n) is 9.64. The van der Waals surface area contributed by atoms with E-state index in [1.54, 1.807) is 0 Å². The Hall–Kier alpha value is -3.25. The highest BCUT2D eigenvalue weighted by molar-refractivity contribution is 5.97. The Morgan fingerprint density at radius 2 is 1.56 bits per heavy atom. The lowest BCUT2D eigenvalue weighted by atomic mass is 9.99. The Morgan fingerprint density at radius 1 is 0.829 bits per heavy atom. The molecular weight excluding hydrogens is 552 g/mol. The van der Waals surface area contributed by atoms with E-state index < -0.39 is 73.1 Å². The Morgan fingerprint density at radius 3 is 2.27 bits per heavy atom. The van der Waals surface area contributed by atoms with Crippen LogP contribution in [0.3, 0.4) is 0 Å². The van der Waals surface area contributed by atoms with E-state index in [2.05, 4.69) is 0 Å². The highest BCUT2D eigenvalue weighted by atomic mass is 16.7. The van der Waals surface area contributed by atoms with Crippen molar-refractivity contribution in [2.24, 2.45) is 0 Å². The predicted molar refractivity (Wildman–Crippen MR) is 136 cm³/mol. The largest absolute Gasteiger partial charge is 0.504 e. The lowest BCUT2D eigenvalue weighted by Gasteiger charge is -2.41. The SMILES string of the molecule is COc1cc(OC2OC(COC3OCC(O)C(O)C3O)C(O)C(O)C2O)c2c(=O)c3c(O)c(OC)ccc3oc2c1. The molecule has 5 rings (SSSR count). The highest BCUT2D eigenvalue weighted by Gasteiger charge is 2.46. The van der Waals surface area contributed by atoms with E-state index in [1.807, 2.05) is 0 Å². The number of rotatable bonds is 7. The van der Waals surface area contributed by atoms with Gasteiger partial charge in [-0.25, -0.2) is 0 Å². The van der Waals surface area contributed by atoms with Crippen molar-refractivity contribution in [3.05, 3.63) is 34.5 Å². The third kappa shape index (κ3) is 5.27. The molecule has 0 bridgehead atoms. The molecule has 0 saturated carbocycles. The zero-order valence-corrected chi connectivity index (χ0v) is 21.8. The fraction of sp³-hybridized carbons (Fsp3) is 0.500. The van der Waals surface area contributed by atoms with Gasteiger partial charge in [0, 0.05) is 12.1 Å². The molecule has 0 spiro atoms. The summed E-state index contributed by atoms with van der Waals surface area (Å²) in [6, 6.07) is 5.59. The second-order valence-corrected chi connectivity index (χ2v) is 9.64. The summed E-state index contributed by atoms with van der Waals surface area (Å²) in [5.74, 6) is -0.438. The third-order valence-corrected chi connectivity index (χ3v) is 7.06. The molecular formula is C26H30O15. The molecule has 3 heterocycles. The number of aliphatic hydroxyl groups excluding tert-OH is 6. The number of ether oxygens (including phenoxy) is 6. The zero-order chi connectivity index (χ0) is 29.6. The fourth-order valence-corrected chi connectivity index (χ4v) is 4.74. The summed E-state index contributed by atoms with van der Waals surface area (Å²) in [6.07, 6.45) is -14.2. The molecule has 7 N–H and O–H groups in total. The molecule has 1 aromatic heterocycles. The van der Waals surface area contributed by atoms with Gasteiger partial charge in [-0.3, -0.25) is 4.79 Å². The van der Waals surface area contributed by atoms with Crippen molar-refractivity contribution in [3.8, 4) is 23.0 Å². The van der Waals surface area contributed by atoms with Gasteiger partial charge in [-0.2, -0.15) is 0 Å². The number of fused-ring (bicyclic) bond motifs is 2. The van der Waals surface area contributed by atoms with Gasteiger partial charge in [0.25, 0.3) is 0 Å². The summed E-state index contributed by atoms with van der Waals surface area (Å²) in [6.45, 7) is -0.833. The van der Waals surface area contributed by atoms with Gasteiger partial charge in [0.1, 0.15) is 76.2 Å². The van der Waals surface area contributed by atoms with Crippen molar-refractivity contribution in [1.29, 1.82) is 0 Å². The maximum atomic E-state index is 13.6. The van der Waals surface area contributed by atoms with Crippen LogP contribution in [0, 0.1) is 0 Å². The zero-order valence-electron chi connectivity index (χ0n) is 21.8. The molecule has 0 amide bonds. The first-order chi connectivity index (χ1) is 19.5. The molecule has 9 unspecified atom stereocenters. The minimum absolute atomic E-state index is 0.0105. The number of aliphatic hydroxyl groups is 6. The van der Waals surface area contributed by atoms with E-state index in [4.69, 9.17) is 32.8 Å². The van der Waals surface area contributed by atoms with Crippen molar-refractivity contribution >= 4 is 21.9 Å². The van der Waals surface area contributed by atoms with Crippen molar-refractivity contribution in [1.82, 2.24) is 0 Å². The van der Waals surface area contributed by atoms with Gasteiger partial charge < -0.3 is 68.6 Å². The molecule has 2 aliphatic rings. The molecule has 3 aromatic rings. The standard InChI is InChI=1S/C26H30O15/c1-35-9-5-13-16(21(31)17-11(39-13)3-4-12(36-2)19(17)29)14(6-9)40-26-24(34)22(32)20(30)15(41-26)8-38-25-23(33)18(28)10(27)7-37-25/h3-6,10,15,18,20,22-30,32-34H,7-8H2,1-2H3. The number of benzene rings is 2. The van der Waals surface area contributed by atoms with Crippen LogP contribution in [-0.2, 0) is 14.2 Å². The Kier molecular flexibility index (Phi) is 8.24. The highest BCUT2D eigenvalue weighted by Crippen LogP contribution is 2.38. The summed E-state index contributed by atoms with van der Waals surface area (Å²) in [7, 11) is 2.68. The Labute approximate surface area is 231 Å². The maximum absolute atomic E-state index is 13.6. The number of phenols is 1. The van der Waals surface area contributed by atoms with E-state index >= 15 is 0 Å². The Bertz CT molecular complexity index is 1460. The van der Waals surface area contributed by atoms with Gasteiger partial charge in [0.05, 0.1) is 27.4 Å². The average Bonchev–Trinajstić information content (AvgIpc) is 2.96. The Balaban J connectivity index is 1.46. The predicted octanol–water partition coefficient (Wildman–Crippen LogP) is -1.69. The lowest BCUT2D eigenvalue weighted by molar-refractivity contribution is -0.307. The first-order valence-corrected chi connectivity index (χ1v) is 12.5. The second kappa shape index (κ2) is 11.6. The summed E-state index contributed by atoms with van der Waals surface area (Å²) in [5, 5.41) is 71.5. The van der Waals surface area contributed by atoms with E-state index in [9.17, 15) is 40.5 Å². The van der Waals surface area contributed by atoms with Crippen LogP contribution >= 0.6 is 0 Å². The molecule has 0 radical (unpaired) electrons. The quantitative estimate of drug-likeness (QED) is 0.154. The first kappa shape index (κ1) is 29.2. The van der Waals surface area contributed by atoms with Crippen molar-refractivity contribution in [3.63, 3.8) is 0 Å². The van der Waals surface area contributed by atoms with E-state index in [0.29, 0.717) is 0 Å². The summed E-state index contributed by atoms with van der Waals surface area (Å²) < 4.78 is 38.3. The van der Waals surface area contributed by atoms with Gasteiger partial charge >= 0.3 is 0 Å². The molecule has 41 heavy (non-hydrogen) atoms. The maximum Gasteiger partial charge on any atom is 0.229 e. The number of aromatic hydroxyl groups is 1. The molecule has 2 aliphatic heterocycles. The van der Waals surface area contributed by atoms with E-state index in [-0.39, 0.29) is 45.8 Å². The van der Waals surface area contributed by atoms with Crippen molar-refractivity contribution in [2.45, 2.75) is 55.3 Å². The number of hydrogen-bond acceptors (Lipinski definition) is 15. The number of hydrogen-bond donors (Lipinski definition) is 7. The van der Waals surface area contributed by atoms with Gasteiger partial charge in [0.15, 0.2) is 17.8 Å². The lowest BCUT2D eigenvalue weighted by Crippen LogP contribution is -2.61. The normalized spacial score (nSPS) is 32.2. The van der Waals surface area contributed by atoms with Crippen molar-refractivity contribution in [2.75, 3.05) is 27.4 Å². The van der Waals surface area contributed by atoms with Gasteiger partial charge in [0.2, 0.25) is 11.7 Å². The topological polar surface area (TPSA) is 227 Å². The van der Waals surface area contributed by atoms with Crippen molar-refractivity contribution < 1.29 is 68.6 Å². The molecule has 2 aromatic carbocycles.